The topological polar surface area (TPSA) is 42.4 Å². The van der Waals surface area contributed by atoms with Gasteiger partial charge in [-0.2, -0.15) is 0 Å². The Morgan fingerprint density at radius 1 is 1.65 bits per heavy atom. The Hall–Kier alpha value is -0.940. The van der Waals surface area contributed by atoms with E-state index < -0.39 is 0 Å². The van der Waals surface area contributed by atoms with Crippen LogP contribution >= 0.6 is 15.9 Å². The largest absolute Gasteiger partial charge is 0.384 e. The molecular weight excluding hydrogens is 284 g/mol. The fourth-order valence-corrected chi connectivity index (χ4v) is 2.29. The number of ether oxygens (including phenoxy) is 1. The molecule has 17 heavy (non-hydrogen) atoms. The molecule has 5 heteroatoms. The number of pyridine rings is 1. The van der Waals surface area contributed by atoms with Crippen molar-refractivity contribution in [1.82, 2.24) is 9.88 Å². The van der Waals surface area contributed by atoms with E-state index in [1.807, 2.05) is 11.0 Å². The Morgan fingerprint density at radius 2 is 2.47 bits per heavy atom. The number of rotatable bonds is 3. The van der Waals surface area contributed by atoms with Gasteiger partial charge in [0.15, 0.2) is 0 Å². The van der Waals surface area contributed by atoms with Gasteiger partial charge in [0.25, 0.3) is 5.91 Å². The van der Waals surface area contributed by atoms with Crippen LogP contribution in [0.4, 0.5) is 0 Å². The zero-order valence-corrected chi connectivity index (χ0v) is 11.3. The van der Waals surface area contributed by atoms with Crippen LogP contribution in [-0.2, 0) is 4.74 Å². The molecule has 1 aromatic heterocycles. The lowest BCUT2D eigenvalue weighted by atomic mass is 10.1. The summed E-state index contributed by atoms with van der Waals surface area (Å²) in [5.74, 6) is 0.468. The van der Waals surface area contributed by atoms with Crippen LogP contribution in [0.15, 0.2) is 22.8 Å². The Kier molecular flexibility index (Phi) is 4.12. The van der Waals surface area contributed by atoms with Gasteiger partial charge in [0, 0.05) is 36.8 Å². The zero-order chi connectivity index (χ0) is 12.3. The number of nitrogens with zero attached hydrogens (tertiary/aromatic N) is 2. The van der Waals surface area contributed by atoms with Gasteiger partial charge >= 0.3 is 0 Å². The fraction of sp³-hybridized carbons (Fsp3) is 0.500. The number of methoxy groups -OCH3 is 1. The molecule has 0 spiro atoms. The molecule has 1 unspecified atom stereocenters. The molecule has 92 valence electrons. The van der Waals surface area contributed by atoms with Crippen molar-refractivity contribution in [3.63, 3.8) is 0 Å². The highest BCUT2D eigenvalue weighted by atomic mass is 79.9. The van der Waals surface area contributed by atoms with E-state index in [9.17, 15) is 4.79 Å². The summed E-state index contributed by atoms with van der Waals surface area (Å²) in [4.78, 5) is 18.1. The zero-order valence-electron chi connectivity index (χ0n) is 9.73. The highest BCUT2D eigenvalue weighted by molar-refractivity contribution is 9.10. The predicted molar refractivity (Wildman–Crippen MR) is 67.8 cm³/mol. The minimum Gasteiger partial charge on any atom is -0.384 e. The van der Waals surface area contributed by atoms with E-state index in [0.717, 1.165) is 30.6 Å². The molecule has 1 aliphatic rings. The molecule has 1 aromatic rings. The van der Waals surface area contributed by atoms with Crippen LogP contribution in [0.1, 0.15) is 16.9 Å². The quantitative estimate of drug-likeness (QED) is 0.857. The Bertz CT molecular complexity index is 394. The number of amides is 1. The average molecular weight is 299 g/mol. The molecule has 2 rings (SSSR count). The Balaban J connectivity index is 1.99. The van der Waals surface area contributed by atoms with Gasteiger partial charge in [0.2, 0.25) is 0 Å². The first kappa shape index (κ1) is 12.5. The molecule has 0 radical (unpaired) electrons. The maximum Gasteiger partial charge on any atom is 0.272 e. The minimum atomic E-state index is 0.0103. The van der Waals surface area contributed by atoms with Gasteiger partial charge in [-0.15, -0.1) is 0 Å². The number of likely N-dealkylation sites (tertiary alicyclic amines) is 1. The fourth-order valence-electron chi connectivity index (χ4n) is 2.05. The molecule has 2 heterocycles. The smallest absolute Gasteiger partial charge is 0.272 e. The van der Waals surface area contributed by atoms with Crippen molar-refractivity contribution in [3.05, 3.63) is 28.5 Å². The van der Waals surface area contributed by atoms with E-state index in [2.05, 4.69) is 20.9 Å². The number of aromatic nitrogens is 1. The van der Waals surface area contributed by atoms with Crippen molar-refractivity contribution in [1.29, 1.82) is 0 Å². The predicted octanol–water partition coefficient (Wildman–Crippen LogP) is 1.95. The van der Waals surface area contributed by atoms with Gasteiger partial charge in [-0.05, 0) is 34.5 Å². The molecule has 0 aromatic carbocycles. The first-order valence-electron chi connectivity index (χ1n) is 5.60. The first-order chi connectivity index (χ1) is 8.20. The molecule has 0 saturated carbocycles. The van der Waals surface area contributed by atoms with E-state index in [4.69, 9.17) is 4.74 Å². The lowest BCUT2D eigenvalue weighted by Crippen LogP contribution is -2.29. The lowest BCUT2D eigenvalue weighted by molar-refractivity contribution is 0.0769. The minimum absolute atomic E-state index is 0.0103. The van der Waals surface area contributed by atoms with Gasteiger partial charge in [0.05, 0.1) is 6.61 Å². The number of carbonyl (C=O) groups is 1. The molecule has 4 nitrogen and oxygen atoms in total. The molecule has 0 bridgehead atoms. The second-order valence-electron chi connectivity index (χ2n) is 4.22. The molecule has 0 aliphatic carbocycles. The van der Waals surface area contributed by atoms with Gasteiger partial charge in [-0.25, -0.2) is 4.98 Å². The number of hydrogen-bond acceptors (Lipinski definition) is 3. The van der Waals surface area contributed by atoms with Crippen LogP contribution in [0.5, 0.6) is 0 Å². The van der Waals surface area contributed by atoms with E-state index in [-0.39, 0.29) is 5.91 Å². The maximum atomic E-state index is 12.1. The third-order valence-electron chi connectivity index (χ3n) is 2.92. The summed E-state index contributed by atoms with van der Waals surface area (Å²) in [5.41, 5.74) is 0.506. The van der Waals surface area contributed by atoms with E-state index in [1.165, 1.54) is 0 Å². The van der Waals surface area contributed by atoms with Crippen molar-refractivity contribution in [2.45, 2.75) is 6.42 Å². The lowest BCUT2D eigenvalue weighted by Gasteiger charge is -2.15. The summed E-state index contributed by atoms with van der Waals surface area (Å²) in [6, 6.07) is 3.58. The first-order valence-corrected chi connectivity index (χ1v) is 6.39. The Labute approximate surface area is 109 Å². The van der Waals surface area contributed by atoms with Gasteiger partial charge in [-0.3, -0.25) is 4.79 Å². The third-order valence-corrected chi connectivity index (χ3v) is 3.39. The standard InChI is InChI=1S/C12H15BrN2O2/c1-17-8-9-4-5-15(7-9)12(16)11-3-2-10(13)6-14-11/h2-3,6,9H,4-5,7-8H2,1H3. The molecule has 0 N–H and O–H groups in total. The second kappa shape index (κ2) is 5.60. The maximum absolute atomic E-state index is 12.1. The van der Waals surface area contributed by atoms with Crippen LogP contribution in [0.25, 0.3) is 0 Å². The summed E-state index contributed by atoms with van der Waals surface area (Å²) in [5, 5.41) is 0. The summed E-state index contributed by atoms with van der Waals surface area (Å²) in [6.07, 6.45) is 2.66. The van der Waals surface area contributed by atoms with Crippen molar-refractivity contribution in [3.8, 4) is 0 Å². The second-order valence-corrected chi connectivity index (χ2v) is 5.14. The normalized spacial score (nSPS) is 19.6. The molecule has 1 saturated heterocycles. The highest BCUT2D eigenvalue weighted by Gasteiger charge is 2.27. The van der Waals surface area contributed by atoms with Crippen molar-refractivity contribution < 1.29 is 9.53 Å². The monoisotopic (exact) mass is 298 g/mol. The summed E-state index contributed by atoms with van der Waals surface area (Å²) in [7, 11) is 1.70. The number of halogens is 1. The SMILES string of the molecule is COCC1CCN(C(=O)c2ccc(Br)cn2)C1. The average Bonchev–Trinajstić information content (AvgIpc) is 2.78. The van der Waals surface area contributed by atoms with Gasteiger partial charge in [0.1, 0.15) is 5.69 Å². The summed E-state index contributed by atoms with van der Waals surface area (Å²) in [6.45, 7) is 2.28. The molecule has 1 aliphatic heterocycles. The van der Waals surface area contributed by atoms with Crippen LogP contribution in [-0.4, -0.2) is 42.6 Å². The summed E-state index contributed by atoms with van der Waals surface area (Å²) < 4.78 is 6.00. The molecule has 1 atom stereocenters. The number of hydrogen-bond donors (Lipinski definition) is 0. The van der Waals surface area contributed by atoms with Crippen molar-refractivity contribution >= 4 is 21.8 Å². The van der Waals surface area contributed by atoms with Gasteiger partial charge in [-0.1, -0.05) is 0 Å². The number of carbonyl (C=O) groups excluding carboxylic acids is 1. The van der Waals surface area contributed by atoms with Crippen LogP contribution in [0, 0.1) is 5.92 Å². The van der Waals surface area contributed by atoms with Crippen LogP contribution in [0.3, 0.4) is 0 Å². The van der Waals surface area contributed by atoms with Crippen molar-refractivity contribution in [2.24, 2.45) is 5.92 Å². The van der Waals surface area contributed by atoms with E-state index >= 15 is 0 Å². The summed E-state index contributed by atoms with van der Waals surface area (Å²) >= 11 is 3.30. The Morgan fingerprint density at radius 3 is 3.12 bits per heavy atom. The van der Waals surface area contributed by atoms with E-state index in [0.29, 0.717) is 11.6 Å². The van der Waals surface area contributed by atoms with E-state index in [1.54, 1.807) is 19.4 Å². The van der Waals surface area contributed by atoms with Crippen LogP contribution < -0.4 is 0 Å². The van der Waals surface area contributed by atoms with Gasteiger partial charge < -0.3 is 9.64 Å². The molecular formula is C12H15BrN2O2. The highest BCUT2D eigenvalue weighted by Crippen LogP contribution is 2.18. The van der Waals surface area contributed by atoms with Crippen molar-refractivity contribution in [2.75, 3.05) is 26.8 Å². The molecule has 1 amide bonds. The third kappa shape index (κ3) is 3.04. The molecule has 1 fully saturated rings. The van der Waals surface area contributed by atoms with Crippen LogP contribution in [0.2, 0.25) is 0 Å².